The highest BCUT2D eigenvalue weighted by atomic mass is 79.9. The molecule has 0 aromatic heterocycles. The minimum atomic E-state index is -0.686. The molecule has 0 fully saturated rings. The monoisotopic (exact) mass is 376 g/mol. The molecule has 2 N–H and O–H groups in total. The van der Waals surface area contributed by atoms with Crippen molar-refractivity contribution in [3.8, 4) is 5.75 Å². The van der Waals surface area contributed by atoms with E-state index in [-0.39, 0.29) is 11.9 Å². The van der Waals surface area contributed by atoms with Gasteiger partial charge in [0.1, 0.15) is 5.75 Å². The minimum Gasteiger partial charge on any atom is -0.476 e. The summed E-state index contributed by atoms with van der Waals surface area (Å²) in [5, 5.41) is 6.02. The van der Waals surface area contributed by atoms with E-state index in [0.29, 0.717) is 12.3 Å². The maximum absolute atomic E-state index is 12.6. The van der Waals surface area contributed by atoms with Crippen molar-refractivity contribution in [2.24, 2.45) is 0 Å². The fourth-order valence-corrected chi connectivity index (χ4v) is 2.40. The van der Waals surface area contributed by atoms with Crippen LogP contribution in [0.4, 0.5) is 0 Å². The number of amides is 1. The molecular formula is C18H21BrN2O2. The molecule has 1 amide bonds. The molecule has 0 spiro atoms. The number of hydrogen-bond acceptors (Lipinski definition) is 3. The number of carbonyl (C=O) groups excluding carboxylic acids is 1. The molecule has 2 aromatic rings. The van der Waals surface area contributed by atoms with E-state index in [1.807, 2.05) is 68.6 Å². The second kappa shape index (κ2) is 8.70. The molecule has 2 rings (SSSR count). The van der Waals surface area contributed by atoms with E-state index < -0.39 is 6.10 Å². The third kappa shape index (κ3) is 5.37. The Bertz CT molecular complexity index is 634. The van der Waals surface area contributed by atoms with Gasteiger partial charge in [0, 0.05) is 22.6 Å². The zero-order chi connectivity index (χ0) is 16.7. The number of halogens is 1. The Morgan fingerprint density at radius 1 is 1.17 bits per heavy atom. The van der Waals surface area contributed by atoms with Gasteiger partial charge in [-0.2, -0.15) is 0 Å². The summed E-state index contributed by atoms with van der Waals surface area (Å²) in [6.45, 7) is 2.55. The molecular weight excluding hydrogens is 356 g/mol. The molecule has 23 heavy (non-hydrogen) atoms. The number of nitrogens with one attached hydrogen (secondary N) is 2. The first-order valence-electron chi connectivity index (χ1n) is 7.52. The van der Waals surface area contributed by atoms with Crippen LogP contribution in [0.15, 0.2) is 59.1 Å². The zero-order valence-corrected chi connectivity index (χ0v) is 14.8. The first kappa shape index (κ1) is 17.5. The van der Waals surface area contributed by atoms with E-state index in [9.17, 15) is 4.79 Å². The Labute approximate surface area is 145 Å². The number of hydrogen-bond donors (Lipinski definition) is 2. The van der Waals surface area contributed by atoms with Crippen LogP contribution in [0.3, 0.4) is 0 Å². The Balaban J connectivity index is 2.17. The number of carbonyl (C=O) groups is 1. The van der Waals surface area contributed by atoms with Crippen LogP contribution in [0, 0.1) is 0 Å². The van der Waals surface area contributed by atoms with Gasteiger partial charge in [0.05, 0.1) is 0 Å². The van der Waals surface area contributed by atoms with E-state index in [1.165, 1.54) is 0 Å². The predicted molar refractivity (Wildman–Crippen MR) is 95.5 cm³/mol. The lowest BCUT2D eigenvalue weighted by atomic mass is 10.1. The van der Waals surface area contributed by atoms with Crippen molar-refractivity contribution in [2.45, 2.75) is 19.1 Å². The third-order valence-corrected chi connectivity index (χ3v) is 3.96. The van der Waals surface area contributed by atoms with Gasteiger partial charge in [0.2, 0.25) is 6.10 Å². The van der Waals surface area contributed by atoms with E-state index in [1.54, 1.807) is 0 Å². The maximum Gasteiger partial charge on any atom is 0.265 e. The topological polar surface area (TPSA) is 50.4 Å². The highest BCUT2D eigenvalue weighted by molar-refractivity contribution is 9.10. The first-order valence-corrected chi connectivity index (χ1v) is 8.31. The van der Waals surface area contributed by atoms with Gasteiger partial charge in [0.25, 0.3) is 5.91 Å². The SMILES string of the molecule is CNC(C)CNC(=O)C(Oc1cccc(Br)c1)c1ccccc1. The van der Waals surface area contributed by atoms with Gasteiger partial charge in [-0.15, -0.1) is 0 Å². The van der Waals surface area contributed by atoms with Crippen LogP contribution in [-0.4, -0.2) is 25.5 Å². The number of benzene rings is 2. The van der Waals surface area contributed by atoms with E-state index in [4.69, 9.17) is 4.74 Å². The van der Waals surface area contributed by atoms with Crippen molar-refractivity contribution < 1.29 is 9.53 Å². The summed E-state index contributed by atoms with van der Waals surface area (Å²) in [6.07, 6.45) is -0.686. The molecule has 0 saturated carbocycles. The smallest absolute Gasteiger partial charge is 0.265 e. The Kier molecular flexibility index (Phi) is 6.62. The van der Waals surface area contributed by atoms with Gasteiger partial charge in [-0.3, -0.25) is 4.79 Å². The van der Waals surface area contributed by atoms with Crippen molar-refractivity contribution in [1.29, 1.82) is 0 Å². The molecule has 0 aliphatic carbocycles. The molecule has 0 heterocycles. The van der Waals surface area contributed by atoms with Gasteiger partial charge < -0.3 is 15.4 Å². The van der Waals surface area contributed by atoms with E-state index in [0.717, 1.165) is 10.0 Å². The highest BCUT2D eigenvalue weighted by Crippen LogP contribution is 2.25. The molecule has 0 saturated heterocycles. The van der Waals surface area contributed by atoms with Crippen LogP contribution >= 0.6 is 15.9 Å². The second-order valence-corrected chi connectivity index (χ2v) is 6.22. The molecule has 0 bridgehead atoms. The number of likely N-dealkylation sites (N-methyl/N-ethyl adjacent to an activating group) is 1. The van der Waals surface area contributed by atoms with E-state index >= 15 is 0 Å². The van der Waals surface area contributed by atoms with Gasteiger partial charge in [-0.25, -0.2) is 0 Å². The molecule has 2 aromatic carbocycles. The van der Waals surface area contributed by atoms with Crippen molar-refractivity contribution in [1.82, 2.24) is 10.6 Å². The average Bonchev–Trinajstić information content (AvgIpc) is 2.58. The van der Waals surface area contributed by atoms with Crippen molar-refractivity contribution in [3.05, 3.63) is 64.6 Å². The van der Waals surface area contributed by atoms with Crippen molar-refractivity contribution >= 4 is 21.8 Å². The predicted octanol–water partition coefficient (Wildman–Crippen LogP) is 3.29. The fourth-order valence-electron chi connectivity index (χ4n) is 2.03. The van der Waals surface area contributed by atoms with Crippen LogP contribution in [0.2, 0.25) is 0 Å². The number of rotatable bonds is 7. The van der Waals surface area contributed by atoms with Gasteiger partial charge in [0.15, 0.2) is 0 Å². The summed E-state index contributed by atoms with van der Waals surface area (Å²) in [7, 11) is 1.86. The normalized spacial score (nSPS) is 13.2. The standard InChI is InChI=1S/C18H21BrN2O2/c1-13(20-2)12-21-18(22)17(14-7-4-3-5-8-14)23-16-10-6-9-15(19)11-16/h3-11,13,17,20H,12H2,1-2H3,(H,21,22). The Hall–Kier alpha value is -1.85. The van der Waals surface area contributed by atoms with Crippen LogP contribution in [-0.2, 0) is 4.79 Å². The molecule has 4 nitrogen and oxygen atoms in total. The fraction of sp³-hybridized carbons (Fsp3) is 0.278. The van der Waals surface area contributed by atoms with Gasteiger partial charge >= 0.3 is 0 Å². The molecule has 2 unspecified atom stereocenters. The lowest BCUT2D eigenvalue weighted by molar-refractivity contribution is -0.128. The summed E-state index contributed by atoms with van der Waals surface area (Å²) < 4.78 is 6.85. The minimum absolute atomic E-state index is 0.154. The Morgan fingerprint density at radius 3 is 2.57 bits per heavy atom. The van der Waals surface area contributed by atoms with Crippen molar-refractivity contribution in [2.75, 3.05) is 13.6 Å². The average molecular weight is 377 g/mol. The van der Waals surface area contributed by atoms with Crippen molar-refractivity contribution in [3.63, 3.8) is 0 Å². The molecule has 0 aliphatic rings. The summed E-state index contributed by atoms with van der Waals surface area (Å²) in [4.78, 5) is 12.6. The summed E-state index contributed by atoms with van der Waals surface area (Å²) in [5.74, 6) is 0.489. The van der Waals surface area contributed by atoms with E-state index in [2.05, 4.69) is 26.6 Å². The molecule has 5 heteroatoms. The lowest BCUT2D eigenvalue weighted by Crippen LogP contribution is -2.40. The number of ether oxygens (including phenoxy) is 1. The summed E-state index contributed by atoms with van der Waals surface area (Å²) in [5.41, 5.74) is 0.821. The maximum atomic E-state index is 12.6. The summed E-state index contributed by atoms with van der Waals surface area (Å²) >= 11 is 3.42. The zero-order valence-electron chi connectivity index (χ0n) is 13.3. The largest absolute Gasteiger partial charge is 0.476 e. The Morgan fingerprint density at radius 2 is 1.91 bits per heavy atom. The quantitative estimate of drug-likeness (QED) is 0.779. The molecule has 2 atom stereocenters. The van der Waals surface area contributed by atoms with Gasteiger partial charge in [-0.1, -0.05) is 52.3 Å². The third-order valence-electron chi connectivity index (χ3n) is 3.47. The van der Waals surface area contributed by atoms with Crippen LogP contribution in [0.25, 0.3) is 0 Å². The summed E-state index contributed by atoms with van der Waals surface area (Å²) in [6, 6.07) is 17.2. The first-order chi connectivity index (χ1) is 11.1. The van der Waals surface area contributed by atoms with Gasteiger partial charge in [-0.05, 0) is 32.2 Å². The second-order valence-electron chi connectivity index (χ2n) is 5.30. The van der Waals surface area contributed by atoms with Crippen LogP contribution < -0.4 is 15.4 Å². The molecule has 0 radical (unpaired) electrons. The molecule has 122 valence electrons. The highest BCUT2D eigenvalue weighted by Gasteiger charge is 2.22. The van der Waals surface area contributed by atoms with Crippen LogP contribution in [0.1, 0.15) is 18.6 Å². The van der Waals surface area contributed by atoms with Crippen LogP contribution in [0.5, 0.6) is 5.75 Å². The molecule has 0 aliphatic heterocycles. The lowest BCUT2D eigenvalue weighted by Gasteiger charge is -2.20.